The van der Waals surface area contributed by atoms with Crippen LogP contribution in [-0.2, 0) is 0 Å². The summed E-state index contributed by atoms with van der Waals surface area (Å²) < 4.78 is 0. The minimum absolute atomic E-state index is 0.126. The molecule has 0 spiro atoms. The Labute approximate surface area is 131 Å². The third kappa shape index (κ3) is 3.58. The number of nitrogen functional groups attached to an aromatic ring is 1. The summed E-state index contributed by atoms with van der Waals surface area (Å²) in [6.45, 7) is 7.95. The van der Waals surface area contributed by atoms with Crippen molar-refractivity contribution in [1.82, 2.24) is 0 Å². The second kappa shape index (κ2) is 6.98. The zero-order chi connectivity index (χ0) is 16.1. The summed E-state index contributed by atoms with van der Waals surface area (Å²) >= 11 is 0. The molecule has 4 nitrogen and oxygen atoms in total. The molecular formula is C18H23N3O. The highest BCUT2D eigenvalue weighted by atomic mass is 16.1. The van der Waals surface area contributed by atoms with E-state index < -0.39 is 0 Å². The predicted octanol–water partition coefficient (Wildman–Crippen LogP) is 3.68. The molecule has 2 aromatic carbocycles. The average Bonchev–Trinajstić information content (AvgIpc) is 2.50. The first-order chi connectivity index (χ1) is 10.5. The summed E-state index contributed by atoms with van der Waals surface area (Å²) in [6, 6.07) is 13.2. The van der Waals surface area contributed by atoms with Crippen molar-refractivity contribution in [3.05, 3.63) is 53.6 Å². The van der Waals surface area contributed by atoms with Gasteiger partial charge < -0.3 is 16.0 Å². The summed E-state index contributed by atoms with van der Waals surface area (Å²) in [6.07, 6.45) is 0. The first-order valence-electron chi connectivity index (χ1n) is 7.57. The number of aryl methyl sites for hydroxylation is 1. The quantitative estimate of drug-likeness (QED) is 0.828. The second-order valence-corrected chi connectivity index (χ2v) is 5.27. The van der Waals surface area contributed by atoms with Crippen LogP contribution in [0.5, 0.6) is 0 Å². The Kier molecular flexibility index (Phi) is 5.04. The van der Waals surface area contributed by atoms with Crippen molar-refractivity contribution < 1.29 is 4.79 Å². The van der Waals surface area contributed by atoms with Crippen LogP contribution in [0, 0.1) is 6.92 Å². The van der Waals surface area contributed by atoms with Crippen molar-refractivity contribution in [3.63, 3.8) is 0 Å². The number of rotatable bonds is 5. The van der Waals surface area contributed by atoms with E-state index in [0.29, 0.717) is 16.9 Å². The van der Waals surface area contributed by atoms with E-state index in [1.54, 1.807) is 12.1 Å². The van der Waals surface area contributed by atoms with Crippen LogP contribution < -0.4 is 16.0 Å². The Morgan fingerprint density at radius 1 is 1.14 bits per heavy atom. The van der Waals surface area contributed by atoms with Crippen LogP contribution in [-0.4, -0.2) is 19.0 Å². The minimum Gasteiger partial charge on any atom is -0.397 e. The van der Waals surface area contributed by atoms with Gasteiger partial charge in [-0.1, -0.05) is 17.7 Å². The van der Waals surface area contributed by atoms with E-state index in [-0.39, 0.29) is 5.91 Å². The Hall–Kier alpha value is -2.49. The van der Waals surface area contributed by atoms with E-state index in [1.807, 2.05) is 37.3 Å². The average molecular weight is 297 g/mol. The van der Waals surface area contributed by atoms with Gasteiger partial charge in [-0.15, -0.1) is 0 Å². The number of anilines is 3. The molecule has 2 aromatic rings. The minimum atomic E-state index is -0.126. The molecule has 116 valence electrons. The zero-order valence-corrected chi connectivity index (χ0v) is 13.4. The highest BCUT2D eigenvalue weighted by Gasteiger charge is 2.10. The van der Waals surface area contributed by atoms with Crippen molar-refractivity contribution in [2.75, 3.05) is 29.0 Å². The van der Waals surface area contributed by atoms with Gasteiger partial charge in [-0.3, -0.25) is 4.79 Å². The summed E-state index contributed by atoms with van der Waals surface area (Å²) in [7, 11) is 0. The van der Waals surface area contributed by atoms with Crippen LogP contribution in [0.15, 0.2) is 42.5 Å². The van der Waals surface area contributed by atoms with Gasteiger partial charge in [0.15, 0.2) is 0 Å². The number of hydrogen-bond acceptors (Lipinski definition) is 3. The maximum absolute atomic E-state index is 12.2. The topological polar surface area (TPSA) is 58.4 Å². The number of nitrogens with two attached hydrogens (primary N) is 1. The number of carbonyl (C=O) groups excluding carboxylic acids is 1. The molecule has 0 fully saturated rings. The maximum atomic E-state index is 12.2. The molecule has 0 atom stereocenters. The molecule has 0 heterocycles. The lowest BCUT2D eigenvalue weighted by atomic mass is 10.1. The SMILES string of the molecule is CCN(CC)c1ccc(NC(=O)c2cccc(C)c2)cc1N. The molecule has 0 radical (unpaired) electrons. The van der Waals surface area contributed by atoms with Gasteiger partial charge in [0.2, 0.25) is 0 Å². The maximum Gasteiger partial charge on any atom is 0.255 e. The van der Waals surface area contributed by atoms with Crippen molar-refractivity contribution in [1.29, 1.82) is 0 Å². The third-order valence-corrected chi connectivity index (χ3v) is 3.67. The lowest BCUT2D eigenvalue weighted by molar-refractivity contribution is 0.102. The summed E-state index contributed by atoms with van der Waals surface area (Å²) in [5, 5.41) is 2.89. The van der Waals surface area contributed by atoms with E-state index in [2.05, 4.69) is 24.1 Å². The molecule has 0 unspecified atom stereocenters. The van der Waals surface area contributed by atoms with E-state index >= 15 is 0 Å². The van der Waals surface area contributed by atoms with E-state index in [0.717, 1.165) is 24.3 Å². The smallest absolute Gasteiger partial charge is 0.255 e. The fraction of sp³-hybridized carbons (Fsp3) is 0.278. The normalized spacial score (nSPS) is 10.3. The predicted molar refractivity (Wildman–Crippen MR) is 93.5 cm³/mol. The second-order valence-electron chi connectivity index (χ2n) is 5.27. The van der Waals surface area contributed by atoms with Crippen LogP contribution in [0.3, 0.4) is 0 Å². The Morgan fingerprint density at radius 2 is 1.86 bits per heavy atom. The molecule has 1 amide bonds. The molecule has 4 heteroatoms. The first-order valence-corrected chi connectivity index (χ1v) is 7.57. The van der Waals surface area contributed by atoms with Gasteiger partial charge >= 0.3 is 0 Å². The third-order valence-electron chi connectivity index (χ3n) is 3.67. The fourth-order valence-electron chi connectivity index (χ4n) is 2.47. The van der Waals surface area contributed by atoms with Crippen molar-refractivity contribution in [3.8, 4) is 0 Å². The monoisotopic (exact) mass is 297 g/mol. The van der Waals surface area contributed by atoms with Crippen LogP contribution in [0.4, 0.5) is 17.1 Å². The Morgan fingerprint density at radius 3 is 2.45 bits per heavy atom. The molecule has 22 heavy (non-hydrogen) atoms. The van der Waals surface area contributed by atoms with Gasteiger partial charge in [-0.2, -0.15) is 0 Å². The van der Waals surface area contributed by atoms with Crippen LogP contribution in [0.2, 0.25) is 0 Å². The van der Waals surface area contributed by atoms with E-state index in [1.165, 1.54) is 0 Å². The molecule has 0 aliphatic heterocycles. The highest BCUT2D eigenvalue weighted by Crippen LogP contribution is 2.26. The molecule has 0 saturated heterocycles. The molecule has 0 saturated carbocycles. The highest BCUT2D eigenvalue weighted by molar-refractivity contribution is 6.04. The molecule has 2 rings (SSSR count). The first kappa shape index (κ1) is 15.9. The molecular weight excluding hydrogens is 274 g/mol. The number of benzene rings is 2. The van der Waals surface area contributed by atoms with Crippen LogP contribution in [0.1, 0.15) is 29.8 Å². The number of amides is 1. The lowest BCUT2D eigenvalue weighted by Gasteiger charge is -2.23. The Balaban J connectivity index is 2.17. The Bertz CT molecular complexity index is 663. The molecule has 0 bridgehead atoms. The van der Waals surface area contributed by atoms with Crippen LogP contribution >= 0.6 is 0 Å². The molecule has 0 aliphatic rings. The summed E-state index contributed by atoms with van der Waals surface area (Å²) in [5.74, 6) is -0.126. The molecule has 0 aliphatic carbocycles. The lowest BCUT2D eigenvalue weighted by Crippen LogP contribution is -2.23. The standard InChI is InChI=1S/C18H23N3O/c1-4-21(5-2)17-10-9-15(12-16(17)19)20-18(22)14-8-6-7-13(3)11-14/h6-12H,4-5,19H2,1-3H3,(H,20,22). The van der Waals surface area contributed by atoms with Crippen LogP contribution in [0.25, 0.3) is 0 Å². The van der Waals surface area contributed by atoms with Gasteiger partial charge in [0.1, 0.15) is 0 Å². The van der Waals surface area contributed by atoms with Crippen molar-refractivity contribution in [2.24, 2.45) is 0 Å². The van der Waals surface area contributed by atoms with Gasteiger partial charge in [0.05, 0.1) is 11.4 Å². The number of nitrogens with zero attached hydrogens (tertiary/aromatic N) is 1. The van der Waals surface area contributed by atoms with Gasteiger partial charge in [-0.05, 0) is 51.1 Å². The fourth-order valence-corrected chi connectivity index (χ4v) is 2.47. The van der Waals surface area contributed by atoms with Gasteiger partial charge in [0.25, 0.3) is 5.91 Å². The summed E-state index contributed by atoms with van der Waals surface area (Å²) in [5.41, 5.74) is 10.2. The van der Waals surface area contributed by atoms with Crippen molar-refractivity contribution >= 4 is 23.0 Å². The van der Waals surface area contributed by atoms with E-state index in [9.17, 15) is 4.79 Å². The van der Waals surface area contributed by atoms with Crippen molar-refractivity contribution in [2.45, 2.75) is 20.8 Å². The zero-order valence-electron chi connectivity index (χ0n) is 13.4. The van der Waals surface area contributed by atoms with E-state index in [4.69, 9.17) is 5.73 Å². The largest absolute Gasteiger partial charge is 0.397 e. The molecule has 3 N–H and O–H groups in total. The van der Waals surface area contributed by atoms with Gasteiger partial charge in [0, 0.05) is 24.3 Å². The number of nitrogens with one attached hydrogen (secondary N) is 1. The molecule has 0 aromatic heterocycles. The van der Waals surface area contributed by atoms with Gasteiger partial charge in [-0.25, -0.2) is 0 Å². The number of hydrogen-bond donors (Lipinski definition) is 2. The number of carbonyl (C=O) groups is 1. The summed E-state index contributed by atoms with van der Waals surface area (Å²) in [4.78, 5) is 14.4.